The van der Waals surface area contributed by atoms with Crippen LogP contribution in [0.15, 0.2) is 18.2 Å². The molecule has 4 nitrogen and oxygen atoms in total. The number of hydrogen-bond donors (Lipinski definition) is 1. The first-order valence-corrected chi connectivity index (χ1v) is 7.30. The summed E-state index contributed by atoms with van der Waals surface area (Å²) in [5, 5.41) is 10.2. The van der Waals surface area contributed by atoms with Gasteiger partial charge in [-0.3, -0.25) is 4.79 Å². The van der Waals surface area contributed by atoms with Crippen LogP contribution in [0.3, 0.4) is 0 Å². The third-order valence-electron chi connectivity index (χ3n) is 3.42. The second kappa shape index (κ2) is 6.46. The fourth-order valence-electron chi connectivity index (χ4n) is 2.22. The van der Waals surface area contributed by atoms with Crippen LogP contribution >= 0.6 is 11.6 Å². The first kappa shape index (κ1) is 15.1. The number of rotatable bonds is 6. The highest BCUT2D eigenvalue weighted by molar-refractivity contribution is 6.30. The van der Waals surface area contributed by atoms with E-state index in [1.165, 1.54) is 0 Å². The molecule has 1 aromatic carbocycles. The van der Waals surface area contributed by atoms with Crippen LogP contribution in [0.4, 0.5) is 0 Å². The van der Waals surface area contributed by atoms with E-state index in [0.717, 1.165) is 12.8 Å². The number of aliphatic hydroxyl groups excluding tert-OH is 1. The molecule has 1 aromatic rings. The van der Waals surface area contributed by atoms with Gasteiger partial charge in [0.2, 0.25) is 0 Å². The van der Waals surface area contributed by atoms with Crippen molar-refractivity contribution < 1.29 is 14.6 Å². The molecule has 1 fully saturated rings. The van der Waals surface area contributed by atoms with E-state index in [0.29, 0.717) is 28.9 Å². The second-order valence-electron chi connectivity index (χ2n) is 5.06. The molecule has 110 valence electrons. The van der Waals surface area contributed by atoms with Gasteiger partial charge < -0.3 is 14.7 Å². The van der Waals surface area contributed by atoms with Gasteiger partial charge in [-0.1, -0.05) is 11.6 Å². The van der Waals surface area contributed by atoms with Crippen molar-refractivity contribution in [2.24, 2.45) is 0 Å². The maximum Gasteiger partial charge on any atom is 0.260 e. The van der Waals surface area contributed by atoms with Gasteiger partial charge in [-0.25, -0.2) is 0 Å². The highest BCUT2D eigenvalue weighted by Crippen LogP contribution is 2.29. The van der Waals surface area contributed by atoms with Crippen molar-refractivity contribution in [3.8, 4) is 5.75 Å². The standard InChI is InChI=1S/C15H20ClNO3/c1-3-17(12-5-6-12)15(19)9-20-14-7-4-11(16)8-13(14)10(2)18/h4,7-8,10,12,18H,3,5-6,9H2,1-2H3. The molecule has 5 heteroatoms. The van der Waals surface area contributed by atoms with Crippen molar-refractivity contribution >= 4 is 17.5 Å². The number of likely N-dealkylation sites (N-methyl/N-ethyl adjacent to an activating group) is 1. The molecule has 0 radical (unpaired) electrons. The monoisotopic (exact) mass is 297 g/mol. The Bertz CT molecular complexity index is 486. The van der Waals surface area contributed by atoms with Gasteiger partial charge in [0.25, 0.3) is 5.91 Å². The van der Waals surface area contributed by atoms with E-state index in [2.05, 4.69) is 0 Å². The Balaban J connectivity index is 2.01. The fourth-order valence-corrected chi connectivity index (χ4v) is 2.40. The van der Waals surface area contributed by atoms with Gasteiger partial charge in [0.1, 0.15) is 5.75 Å². The maximum absolute atomic E-state index is 12.1. The average molecular weight is 298 g/mol. The normalized spacial score (nSPS) is 15.8. The predicted octanol–water partition coefficient (Wildman–Crippen LogP) is 2.78. The molecule has 1 N–H and O–H groups in total. The SMILES string of the molecule is CCN(C(=O)COc1ccc(Cl)cc1C(C)O)C1CC1. The number of halogens is 1. The van der Waals surface area contributed by atoms with Crippen LogP contribution in [0.1, 0.15) is 38.4 Å². The molecule has 0 saturated heterocycles. The molecule has 0 bridgehead atoms. The number of carbonyl (C=O) groups excluding carboxylic acids is 1. The van der Waals surface area contributed by atoms with E-state index in [-0.39, 0.29) is 12.5 Å². The Morgan fingerprint density at radius 3 is 2.80 bits per heavy atom. The van der Waals surface area contributed by atoms with Crippen molar-refractivity contribution in [2.75, 3.05) is 13.2 Å². The van der Waals surface area contributed by atoms with Gasteiger partial charge >= 0.3 is 0 Å². The largest absolute Gasteiger partial charge is 0.483 e. The summed E-state index contributed by atoms with van der Waals surface area (Å²) in [6.45, 7) is 4.31. The molecular weight excluding hydrogens is 278 g/mol. The zero-order valence-electron chi connectivity index (χ0n) is 11.8. The third-order valence-corrected chi connectivity index (χ3v) is 3.66. The summed E-state index contributed by atoms with van der Waals surface area (Å²) >= 11 is 5.90. The van der Waals surface area contributed by atoms with Gasteiger partial charge in [-0.15, -0.1) is 0 Å². The Kier molecular flexibility index (Phi) is 4.89. The van der Waals surface area contributed by atoms with Crippen LogP contribution < -0.4 is 4.74 Å². The lowest BCUT2D eigenvalue weighted by Gasteiger charge is -2.21. The maximum atomic E-state index is 12.1. The minimum Gasteiger partial charge on any atom is -0.483 e. The van der Waals surface area contributed by atoms with Crippen LogP contribution in [0.25, 0.3) is 0 Å². The van der Waals surface area contributed by atoms with Crippen molar-refractivity contribution in [3.63, 3.8) is 0 Å². The topological polar surface area (TPSA) is 49.8 Å². The van der Waals surface area contributed by atoms with Crippen molar-refractivity contribution in [2.45, 2.75) is 38.8 Å². The molecule has 2 rings (SSSR count). The van der Waals surface area contributed by atoms with E-state index >= 15 is 0 Å². The van der Waals surface area contributed by atoms with Crippen molar-refractivity contribution in [1.29, 1.82) is 0 Å². The van der Waals surface area contributed by atoms with E-state index < -0.39 is 6.10 Å². The first-order chi connectivity index (χ1) is 9.52. The van der Waals surface area contributed by atoms with Gasteiger partial charge in [0.05, 0.1) is 6.10 Å². The van der Waals surface area contributed by atoms with E-state index in [1.807, 2.05) is 11.8 Å². The van der Waals surface area contributed by atoms with Gasteiger partial charge in [-0.2, -0.15) is 0 Å². The van der Waals surface area contributed by atoms with Crippen LogP contribution in [0, 0.1) is 0 Å². The summed E-state index contributed by atoms with van der Waals surface area (Å²) in [7, 11) is 0. The molecule has 1 atom stereocenters. The van der Waals surface area contributed by atoms with E-state index in [9.17, 15) is 9.90 Å². The number of amides is 1. The molecule has 1 saturated carbocycles. The highest BCUT2D eigenvalue weighted by Gasteiger charge is 2.31. The van der Waals surface area contributed by atoms with Crippen LogP contribution in [0.2, 0.25) is 5.02 Å². The number of ether oxygens (including phenoxy) is 1. The summed E-state index contributed by atoms with van der Waals surface area (Å²) in [6.07, 6.45) is 1.48. The molecule has 1 amide bonds. The van der Waals surface area contributed by atoms with Gasteiger partial charge in [-0.05, 0) is 44.9 Å². The van der Waals surface area contributed by atoms with Crippen LogP contribution in [0.5, 0.6) is 5.75 Å². The Morgan fingerprint density at radius 2 is 2.25 bits per heavy atom. The number of hydrogen-bond acceptors (Lipinski definition) is 3. The lowest BCUT2D eigenvalue weighted by atomic mass is 10.1. The molecule has 20 heavy (non-hydrogen) atoms. The number of benzene rings is 1. The predicted molar refractivity (Wildman–Crippen MR) is 78.0 cm³/mol. The molecule has 0 aliphatic heterocycles. The number of aliphatic hydroxyl groups is 1. The van der Waals surface area contributed by atoms with Crippen molar-refractivity contribution in [3.05, 3.63) is 28.8 Å². The first-order valence-electron chi connectivity index (χ1n) is 6.92. The lowest BCUT2D eigenvalue weighted by Crippen LogP contribution is -2.36. The Hall–Kier alpha value is -1.26. The quantitative estimate of drug-likeness (QED) is 0.878. The fraction of sp³-hybridized carbons (Fsp3) is 0.533. The minimum atomic E-state index is -0.690. The summed E-state index contributed by atoms with van der Waals surface area (Å²) in [4.78, 5) is 13.9. The molecule has 0 heterocycles. The summed E-state index contributed by atoms with van der Waals surface area (Å²) in [6, 6.07) is 5.42. The Labute approximate surface area is 124 Å². The molecule has 1 aliphatic rings. The average Bonchev–Trinajstić information content (AvgIpc) is 3.22. The summed E-state index contributed by atoms with van der Waals surface area (Å²) in [5.41, 5.74) is 0.597. The van der Waals surface area contributed by atoms with Gasteiger partial charge in [0.15, 0.2) is 6.61 Å². The minimum absolute atomic E-state index is 0.00824. The van der Waals surface area contributed by atoms with E-state index in [4.69, 9.17) is 16.3 Å². The van der Waals surface area contributed by atoms with Gasteiger partial charge in [0, 0.05) is 23.2 Å². The molecule has 0 spiro atoms. The smallest absolute Gasteiger partial charge is 0.260 e. The highest BCUT2D eigenvalue weighted by atomic mass is 35.5. The summed E-state index contributed by atoms with van der Waals surface area (Å²) in [5.74, 6) is 0.492. The number of nitrogens with zero attached hydrogens (tertiary/aromatic N) is 1. The Morgan fingerprint density at radius 1 is 1.55 bits per heavy atom. The molecule has 1 aliphatic carbocycles. The number of carbonyl (C=O) groups is 1. The van der Waals surface area contributed by atoms with Crippen molar-refractivity contribution in [1.82, 2.24) is 4.90 Å². The van der Waals surface area contributed by atoms with Crippen LogP contribution in [-0.4, -0.2) is 35.1 Å². The molecular formula is C15H20ClNO3. The third kappa shape index (κ3) is 3.64. The molecule has 0 aromatic heterocycles. The zero-order valence-corrected chi connectivity index (χ0v) is 12.6. The van der Waals surface area contributed by atoms with E-state index in [1.54, 1.807) is 25.1 Å². The zero-order chi connectivity index (χ0) is 14.7. The van der Waals surface area contributed by atoms with Crippen LogP contribution in [-0.2, 0) is 4.79 Å². The lowest BCUT2D eigenvalue weighted by molar-refractivity contribution is -0.133. The molecule has 1 unspecified atom stereocenters. The second-order valence-corrected chi connectivity index (χ2v) is 5.49. The summed E-state index contributed by atoms with van der Waals surface area (Å²) < 4.78 is 5.57.